The van der Waals surface area contributed by atoms with Crippen LogP contribution in [0.3, 0.4) is 0 Å². The molecule has 0 atom stereocenters. The highest BCUT2D eigenvalue weighted by atomic mass is 35.5. The first-order valence-corrected chi connectivity index (χ1v) is 9.84. The van der Waals surface area contributed by atoms with E-state index < -0.39 is 11.7 Å². The Balaban J connectivity index is 1.35. The zero-order chi connectivity index (χ0) is 21.8. The van der Waals surface area contributed by atoms with E-state index in [2.05, 4.69) is 15.4 Å². The van der Waals surface area contributed by atoms with Gasteiger partial charge in [0.1, 0.15) is 30.3 Å². The lowest BCUT2D eigenvalue weighted by molar-refractivity contribution is 0.0991. The van der Waals surface area contributed by atoms with Gasteiger partial charge in [-0.2, -0.15) is 0 Å². The number of ether oxygens (including phenoxy) is 1. The van der Waals surface area contributed by atoms with Gasteiger partial charge < -0.3 is 9.15 Å². The molecule has 31 heavy (non-hydrogen) atoms. The molecule has 2 aromatic heterocycles. The number of hydrogen-bond donors (Lipinski definition) is 1. The van der Waals surface area contributed by atoms with Crippen LogP contribution in [0, 0.1) is 5.82 Å². The van der Waals surface area contributed by atoms with E-state index in [0.717, 1.165) is 11.6 Å². The van der Waals surface area contributed by atoms with E-state index in [1.165, 1.54) is 24.5 Å². The molecule has 4 aromatic rings. The predicted molar refractivity (Wildman–Crippen MR) is 113 cm³/mol. The van der Waals surface area contributed by atoms with E-state index in [1.54, 1.807) is 16.8 Å². The van der Waals surface area contributed by atoms with Crippen LogP contribution in [0.15, 0.2) is 65.3 Å². The van der Waals surface area contributed by atoms with Gasteiger partial charge in [0, 0.05) is 5.02 Å². The summed E-state index contributed by atoms with van der Waals surface area (Å²) in [6.07, 6.45) is 1.49. The Hall–Kier alpha value is -3.36. The van der Waals surface area contributed by atoms with Crippen LogP contribution >= 0.6 is 23.2 Å². The summed E-state index contributed by atoms with van der Waals surface area (Å²) in [5.74, 6) is -0.0872. The summed E-state index contributed by atoms with van der Waals surface area (Å²) in [4.78, 5) is 16.5. The van der Waals surface area contributed by atoms with Crippen molar-refractivity contribution < 1.29 is 18.3 Å². The molecule has 0 aliphatic rings. The molecule has 0 bridgehead atoms. The second-order valence-corrected chi connectivity index (χ2v) is 7.26. The van der Waals surface area contributed by atoms with Gasteiger partial charge in [0.2, 0.25) is 5.95 Å². The number of carbonyl (C=O) groups is 1. The second kappa shape index (κ2) is 9.20. The van der Waals surface area contributed by atoms with E-state index in [0.29, 0.717) is 23.1 Å². The summed E-state index contributed by atoms with van der Waals surface area (Å²) in [6, 6.07) is 14.3. The minimum atomic E-state index is -0.512. The third-order valence-electron chi connectivity index (χ3n) is 4.20. The highest BCUT2D eigenvalue weighted by molar-refractivity contribution is 6.32. The summed E-state index contributed by atoms with van der Waals surface area (Å²) < 4.78 is 25.6. The number of benzene rings is 2. The summed E-state index contributed by atoms with van der Waals surface area (Å²) in [5, 5.41) is 7.55. The highest BCUT2D eigenvalue weighted by Crippen LogP contribution is 2.26. The number of carbonyl (C=O) groups excluding carboxylic acids is 1. The molecule has 158 valence electrons. The Morgan fingerprint density at radius 3 is 2.77 bits per heavy atom. The number of hydrogen-bond acceptors (Lipinski definition) is 5. The zero-order valence-electron chi connectivity index (χ0n) is 15.9. The standard InChI is InChI=1S/C21H15Cl2FN4O3/c22-16-4-2-1-3-13(16)10-28-12-25-21(27-28)26-20(29)19-8-6-15(31-19)11-30-18-7-5-14(24)9-17(18)23/h1-9,12H,10-11H2,(H,26,27,29). The second-order valence-electron chi connectivity index (χ2n) is 6.44. The Labute approximate surface area is 186 Å². The highest BCUT2D eigenvalue weighted by Gasteiger charge is 2.15. The van der Waals surface area contributed by atoms with Gasteiger partial charge in [-0.05, 0) is 42.0 Å². The van der Waals surface area contributed by atoms with Crippen LogP contribution in [-0.2, 0) is 13.2 Å². The van der Waals surface area contributed by atoms with Crippen LogP contribution < -0.4 is 10.1 Å². The van der Waals surface area contributed by atoms with Crippen molar-refractivity contribution in [2.45, 2.75) is 13.2 Å². The molecular weight excluding hydrogens is 446 g/mol. The number of rotatable bonds is 7. The van der Waals surface area contributed by atoms with Gasteiger partial charge >= 0.3 is 0 Å². The van der Waals surface area contributed by atoms with Crippen LogP contribution in [-0.4, -0.2) is 20.7 Å². The smallest absolute Gasteiger partial charge is 0.293 e. The van der Waals surface area contributed by atoms with E-state index in [4.69, 9.17) is 32.4 Å². The van der Waals surface area contributed by atoms with E-state index in [1.807, 2.05) is 18.2 Å². The molecule has 0 aliphatic heterocycles. The predicted octanol–water partition coefficient (Wildman–Crippen LogP) is 5.20. The van der Waals surface area contributed by atoms with Gasteiger partial charge in [0.25, 0.3) is 5.91 Å². The largest absolute Gasteiger partial charge is 0.484 e. The minimum Gasteiger partial charge on any atom is -0.484 e. The fourth-order valence-electron chi connectivity index (χ4n) is 2.71. The number of nitrogens with zero attached hydrogens (tertiary/aromatic N) is 3. The Bertz CT molecular complexity index is 1220. The van der Waals surface area contributed by atoms with Crippen molar-refractivity contribution in [3.8, 4) is 5.75 Å². The molecule has 7 nitrogen and oxygen atoms in total. The Kier molecular flexibility index (Phi) is 6.20. The number of anilines is 1. The molecule has 0 radical (unpaired) electrons. The van der Waals surface area contributed by atoms with Crippen molar-refractivity contribution in [2.75, 3.05) is 5.32 Å². The molecule has 2 aromatic carbocycles. The molecule has 4 rings (SSSR count). The fraction of sp³-hybridized carbons (Fsp3) is 0.0952. The third-order valence-corrected chi connectivity index (χ3v) is 4.87. The topological polar surface area (TPSA) is 82.2 Å². The lowest BCUT2D eigenvalue weighted by Gasteiger charge is -2.06. The molecule has 10 heteroatoms. The summed E-state index contributed by atoms with van der Waals surface area (Å²) in [7, 11) is 0. The van der Waals surface area contributed by atoms with E-state index in [-0.39, 0.29) is 23.3 Å². The summed E-state index contributed by atoms with van der Waals surface area (Å²) >= 11 is 12.1. The van der Waals surface area contributed by atoms with Gasteiger partial charge in [-0.15, -0.1) is 5.10 Å². The molecule has 0 saturated heterocycles. The maximum atomic E-state index is 13.1. The van der Waals surface area contributed by atoms with Crippen LogP contribution in [0.25, 0.3) is 0 Å². The van der Waals surface area contributed by atoms with Crippen molar-refractivity contribution in [3.63, 3.8) is 0 Å². The van der Waals surface area contributed by atoms with Gasteiger partial charge in [0.05, 0.1) is 11.6 Å². The number of amides is 1. The molecule has 0 saturated carbocycles. The Morgan fingerprint density at radius 2 is 1.97 bits per heavy atom. The van der Waals surface area contributed by atoms with E-state index >= 15 is 0 Å². The van der Waals surface area contributed by atoms with Crippen LogP contribution in [0.4, 0.5) is 10.3 Å². The molecule has 2 heterocycles. The minimum absolute atomic E-state index is 0.0172. The average molecular weight is 461 g/mol. The summed E-state index contributed by atoms with van der Waals surface area (Å²) in [5.41, 5.74) is 0.879. The molecule has 1 amide bonds. The monoisotopic (exact) mass is 460 g/mol. The molecule has 0 unspecified atom stereocenters. The van der Waals surface area contributed by atoms with Crippen molar-refractivity contribution in [3.05, 3.63) is 93.9 Å². The first kappa shape index (κ1) is 20.9. The molecule has 0 fully saturated rings. The van der Waals surface area contributed by atoms with Crippen LogP contribution in [0.1, 0.15) is 21.9 Å². The SMILES string of the molecule is O=C(Nc1ncn(Cc2ccccc2Cl)n1)c1ccc(COc2ccc(F)cc2Cl)o1. The first-order valence-electron chi connectivity index (χ1n) is 9.09. The maximum absolute atomic E-state index is 13.1. The van der Waals surface area contributed by atoms with Gasteiger partial charge in [0.15, 0.2) is 5.76 Å². The van der Waals surface area contributed by atoms with Crippen molar-refractivity contribution in [1.29, 1.82) is 0 Å². The summed E-state index contributed by atoms with van der Waals surface area (Å²) in [6.45, 7) is 0.431. The van der Waals surface area contributed by atoms with Gasteiger partial charge in [-0.25, -0.2) is 14.1 Å². The molecule has 0 spiro atoms. The van der Waals surface area contributed by atoms with Crippen LogP contribution in [0.2, 0.25) is 10.0 Å². The number of halogens is 3. The van der Waals surface area contributed by atoms with Crippen molar-refractivity contribution in [1.82, 2.24) is 14.8 Å². The quantitative estimate of drug-likeness (QED) is 0.409. The first-order chi connectivity index (χ1) is 15.0. The molecule has 0 aliphatic carbocycles. The van der Waals surface area contributed by atoms with Gasteiger partial charge in [-0.3, -0.25) is 10.1 Å². The lowest BCUT2D eigenvalue weighted by Crippen LogP contribution is -2.12. The fourth-order valence-corrected chi connectivity index (χ4v) is 3.13. The number of aromatic nitrogens is 3. The normalized spacial score (nSPS) is 10.8. The average Bonchev–Trinajstić information content (AvgIpc) is 3.39. The Morgan fingerprint density at radius 1 is 1.13 bits per heavy atom. The number of furan rings is 1. The number of nitrogens with one attached hydrogen (secondary N) is 1. The molecule has 1 N–H and O–H groups in total. The zero-order valence-corrected chi connectivity index (χ0v) is 17.4. The third kappa shape index (κ3) is 5.22. The van der Waals surface area contributed by atoms with E-state index in [9.17, 15) is 9.18 Å². The lowest BCUT2D eigenvalue weighted by atomic mass is 10.2. The molecular formula is C21H15Cl2FN4O3. The maximum Gasteiger partial charge on any atom is 0.293 e. The van der Waals surface area contributed by atoms with Gasteiger partial charge in [-0.1, -0.05) is 41.4 Å². The van der Waals surface area contributed by atoms with Crippen molar-refractivity contribution >= 4 is 35.1 Å². The van der Waals surface area contributed by atoms with Crippen LogP contribution in [0.5, 0.6) is 5.75 Å². The van der Waals surface area contributed by atoms with Crippen molar-refractivity contribution in [2.24, 2.45) is 0 Å².